The van der Waals surface area contributed by atoms with Gasteiger partial charge in [0.05, 0.1) is 12.8 Å². The van der Waals surface area contributed by atoms with Crippen molar-refractivity contribution in [2.45, 2.75) is 19.3 Å². The van der Waals surface area contributed by atoms with Crippen LogP contribution in [-0.4, -0.2) is 28.1 Å². The maximum Gasteiger partial charge on any atom is 0.226 e. The molecule has 0 radical (unpaired) electrons. The zero-order chi connectivity index (χ0) is 20.8. The Morgan fingerprint density at radius 2 is 1.87 bits per heavy atom. The third-order valence-electron chi connectivity index (χ3n) is 4.43. The summed E-state index contributed by atoms with van der Waals surface area (Å²) in [6.07, 6.45) is 1.48. The van der Waals surface area contributed by atoms with Gasteiger partial charge in [0.15, 0.2) is 5.13 Å². The second kappa shape index (κ2) is 9.32. The average Bonchev–Trinajstić information content (AvgIpc) is 3.44. The Labute approximate surface area is 177 Å². The van der Waals surface area contributed by atoms with E-state index >= 15 is 0 Å². The summed E-state index contributed by atoms with van der Waals surface area (Å²) in [5, 5.41) is 9.38. The van der Waals surface area contributed by atoms with E-state index in [1.807, 2.05) is 60.0 Å². The molecule has 0 saturated carbocycles. The highest BCUT2D eigenvalue weighted by atomic mass is 32.1. The molecule has 4 aromatic rings. The molecule has 0 saturated heterocycles. The second-order valence-electron chi connectivity index (χ2n) is 6.55. The number of aromatic nitrogens is 3. The van der Waals surface area contributed by atoms with E-state index in [1.165, 1.54) is 11.3 Å². The number of hydrogen-bond donors (Lipinski definition) is 1. The highest BCUT2D eigenvalue weighted by molar-refractivity contribution is 7.14. The van der Waals surface area contributed by atoms with E-state index in [2.05, 4.69) is 20.4 Å². The number of hydrogen-bond acceptors (Lipinski definition) is 7. The molecule has 152 valence electrons. The quantitative estimate of drug-likeness (QED) is 0.439. The van der Waals surface area contributed by atoms with Gasteiger partial charge in [-0.2, -0.15) is 4.98 Å². The lowest BCUT2D eigenvalue weighted by Crippen LogP contribution is -2.11. The van der Waals surface area contributed by atoms with Gasteiger partial charge in [-0.25, -0.2) is 4.98 Å². The largest absolute Gasteiger partial charge is 0.497 e. The molecular weight excluding hydrogens is 400 g/mol. The maximum atomic E-state index is 12.2. The summed E-state index contributed by atoms with van der Waals surface area (Å²) in [5.74, 6) is 1.71. The number of nitrogens with zero attached hydrogens (tertiary/aromatic N) is 3. The second-order valence-corrected chi connectivity index (χ2v) is 7.40. The van der Waals surface area contributed by atoms with E-state index in [-0.39, 0.29) is 5.91 Å². The molecule has 1 amide bonds. The van der Waals surface area contributed by atoms with E-state index in [0.29, 0.717) is 36.1 Å². The van der Waals surface area contributed by atoms with Crippen molar-refractivity contribution in [2.24, 2.45) is 0 Å². The molecule has 0 atom stereocenters. The minimum absolute atomic E-state index is 0.0844. The molecule has 8 heteroatoms. The van der Waals surface area contributed by atoms with Gasteiger partial charge in [-0.1, -0.05) is 35.5 Å². The Balaban J connectivity index is 1.26. The zero-order valence-corrected chi connectivity index (χ0v) is 17.2. The standard InChI is InChI=1S/C22H20N4O3S/c1-28-17-12-10-16(11-13-17)21-25-20(29-26-21)9-5-8-19(27)24-22-23-18(14-30-22)15-6-3-2-4-7-15/h2-4,6-7,10-14H,5,8-9H2,1H3,(H,23,24,27). The Morgan fingerprint density at radius 1 is 1.07 bits per heavy atom. The normalized spacial score (nSPS) is 10.7. The molecule has 0 aliphatic heterocycles. The van der Waals surface area contributed by atoms with Crippen molar-refractivity contribution < 1.29 is 14.1 Å². The van der Waals surface area contributed by atoms with Crippen molar-refractivity contribution in [1.82, 2.24) is 15.1 Å². The van der Waals surface area contributed by atoms with Gasteiger partial charge >= 0.3 is 0 Å². The van der Waals surface area contributed by atoms with Crippen molar-refractivity contribution in [3.8, 4) is 28.4 Å². The number of carbonyl (C=O) groups excluding carboxylic acids is 1. The number of ether oxygens (including phenoxy) is 1. The first-order valence-corrected chi connectivity index (χ1v) is 10.4. The number of thiazole rings is 1. The number of methoxy groups -OCH3 is 1. The number of nitrogens with one attached hydrogen (secondary N) is 1. The Hall–Kier alpha value is -3.52. The average molecular weight is 420 g/mol. The van der Waals surface area contributed by atoms with Crippen LogP contribution < -0.4 is 10.1 Å². The van der Waals surface area contributed by atoms with Gasteiger partial charge in [0.25, 0.3) is 0 Å². The van der Waals surface area contributed by atoms with Gasteiger partial charge in [-0.3, -0.25) is 4.79 Å². The number of carbonyl (C=O) groups is 1. The van der Waals surface area contributed by atoms with Crippen LogP contribution in [-0.2, 0) is 11.2 Å². The molecule has 2 heterocycles. The number of anilines is 1. The fraction of sp³-hybridized carbons (Fsp3) is 0.182. The molecule has 0 aliphatic rings. The summed E-state index contributed by atoms with van der Waals surface area (Å²) in [6.45, 7) is 0. The summed E-state index contributed by atoms with van der Waals surface area (Å²) in [5.41, 5.74) is 2.73. The van der Waals surface area contributed by atoms with Crippen LogP contribution in [0.4, 0.5) is 5.13 Å². The fourth-order valence-electron chi connectivity index (χ4n) is 2.87. The summed E-state index contributed by atoms with van der Waals surface area (Å²) < 4.78 is 10.4. The third-order valence-corrected chi connectivity index (χ3v) is 5.19. The van der Waals surface area contributed by atoms with Crippen molar-refractivity contribution >= 4 is 22.4 Å². The van der Waals surface area contributed by atoms with Crippen LogP contribution in [0.15, 0.2) is 64.5 Å². The van der Waals surface area contributed by atoms with Crippen molar-refractivity contribution in [1.29, 1.82) is 0 Å². The summed E-state index contributed by atoms with van der Waals surface area (Å²) >= 11 is 1.41. The lowest BCUT2D eigenvalue weighted by molar-refractivity contribution is -0.116. The number of rotatable bonds is 8. The maximum absolute atomic E-state index is 12.2. The molecule has 7 nitrogen and oxygen atoms in total. The molecule has 0 spiro atoms. The SMILES string of the molecule is COc1ccc(-c2noc(CCCC(=O)Nc3nc(-c4ccccc4)cs3)n2)cc1. The predicted molar refractivity (Wildman–Crippen MR) is 115 cm³/mol. The number of amides is 1. The van der Waals surface area contributed by atoms with Crippen LogP contribution in [0, 0.1) is 0 Å². The molecule has 0 unspecified atom stereocenters. The monoisotopic (exact) mass is 420 g/mol. The molecule has 2 aromatic heterocycles. The first-order chi connectivity index (χ1) is 14.7. The van der Waals surface area contributed by atoms with Crippen LogP contribution in [0.2, 0.25) is 0 Å². The van der Waals surface area contributed by atoms with Crippen molar-refractivity contribution in [3.05, 3.63) is 65.9 Å². The number of benzene rings is 2. The van der Waals surface area contributed by atoms with E-state index < -0.39 is 0 Å². The molecule has 1 N–H and O–H groups in total. The van der Waals surface area contributed by atoms with Crippen LogP contribution in [0.1, 0.15) is 18.7 Å². The molecular formula is C22H20N4O3S. The fourth-order valence-corrected chi connectivity index (χ4v) is 3.60. The van der Waals surface area contributed by atoms with Crippen LogP contribution in [0.5, 0.6) is 5.75 Å². The predicted octanol–water partition coefficient (Wildman–Crippen LogP) is 4.83. The van der Waals surface area contributed by atoms with Gasteiger partial charge in [-0.05, 0) is 30.7 Å². The molecule has 0 fully saturated rings. The summed E-state index contributed by atoms with van der Waals surface area (Å²) in [6, 6.07) is 17.3. The van der Waals surface area contributed by atoms with E-state index in [0.717, 1.165) is 22.6 Å². The lowest BCUT2D eigenvalue weighted by Gasteiger charge is -2.00. The van der Waals surface area contributed by atoms with Gasteiger partial charge < -0.3 is 14.6 Å². The number of aryl methyl sites for hydroxylation is 1. The molecule has 4 rings (SSSR count). The first-order valence-electron chi connectivity index (χ1n) is 9.49. The minimum Gasteiger partial charge on any atom is -0.497 e. The van der Waals surface area contributed by atoms with Crippen molar-refractivity contribution in [2.75, 3.05) is 12.4 Å². The summed E-state index contributed by atoms with van der Waals surface area (Å²) in [7, 11) is 1.62. The molecule has 30 heavy (non-hydrogen) atoms. The molecule has 0 aliphatic carbocycles. The topological polar surface area (TPSA) is 90.1 Å². The molecule has 0 bridgehead atoms. The first kappa shape index (κ1) is 19.8. The molecule has 2 aromatic carbocycles. The van der Waals surface area contributed by atoms with Crippen LogP contribution >= 0.6 is 11.3 Å². The Morgan fingerprint density at radius 3 is 2.63 bits per heavy atom. The minimum atomic E-state index is -0.0844. The van der Waals surface area contributed by atoms with Gasteiger partial charge in [0, 0.05) is 29.3 Å². The van der Waals surface area contributed by atoms with Gasteiger partial charge in [0.2, 0.25) is 17.6 Å². The Bertz CT molecular complexity index is 1110. The zero-order valence-electron chi connectivity index (χ0n) is 16.4. The van der Waals surface area contributed by atoms with Crippen LogP contribution in [0.25, 0.3) is 22.6 Å². The highest BCUT2D eigenvalue weighted by Gasteiger charge is 2.11. The summed E-state index contributed by atoms with van der Waals surface area (Å²) in [4.78, 5) is 21.1. The van der Waals surface area contributed by atoms with E-state index in [4.69, 9.17) is 9.26 Å². The lowest BCUT2D eigenvalue weighted by atomic mass is 10.2. The Kier molecular flexibility index (Phi) is 6.14. The van der Waals surface area contributed by atoms with E-state index in [1.54, 1.807) is 7.11 Å². The van der Waals surface area contributed by atoms with Gasteiger partial charge in [0.1, 0.15) is 5.75 Å². The van der Waals surface area contributed by atoms with Crippen molar-refractivity contribution in [3.63, 3.8) is 0 Å². The van der Waals surface area contributed by atoms with Crippen LogP contribution in [0.3, 0.4) is 0 Å². The smallest absolute Gasteiger partial charge is 0.226 e. The van der Waals surface area contributed by atoms with E-state index in [9.17, 15) is 4.79 Å². The van der Waals surface area contributed by atoms with Gasteiger partial charge in [-0.15, -0.1) is 11.3 Å². The third kappa shape index (κ3) is 4.90. The highest BCUT2D eigenvalue weighted by Crippen LogP contribution is 2.25.